The van der Waals surface area contributed by atoms with E-state index in [2.05, 4.69) is 43.5 Å². The molecule has 4 heteroatoms. The molecule has 0 spiro atoms. The van der Waals surface area contributed by atoms with Crippen LogP contribution in [0.1, 0.15) is 373 Å². The summed E-state index contributed by atoms with van der Waals surface area (Å²) in [4.78, 5) is 24.5. The van der Waals surface area contributed by atoms with Crippen LogP contribution in [0, 0.1) is 0 Å². The van der Waals surface area contributed by atoms with Crippen LogP contribution in [0.15, 0.2) is 24.3 Å². The molecule has 0 bridgehead atoms. The van der Waals surface area contributed by atoms with Gasteiger partial charge in [0.25, 0.3) is 0 Å². The van der Waals surface area contributed by atoms with E-state index in [-0.39, 0.29) is 5.91 Å². The molecule has 70 heavy (non-hydrogen) atoms. The van der Waals surface area contributed by atoms with Gasteiger partial charge in [0.1, 0.15) is 5.78 Å². The molecule has 0 fully saturated rings. The standard InChI is InChI=1S/C66H127NO3/c1-3-5-7-9-11-13-15-17-32-36-39-43-47-51-55-59-64(68)60-56-52-48-44-40-37-33-30-28-26-24-22-20-19-21-23-25-27-29-31-34-38-42-46-50-54-58-62-66(70)67-63-65(69)61-57-53-49-45-41-35-18-16-14-12-10-8-6-4-2/h11,13,17,32,65,69H,3-10,12,14-16,18-31,33-63H2,1-2H3,(H,67,70)/b13-11-,32-17-/t65-/m0/s1. The third kappa shape index (κ3) is 60.9. The molecule has 0 aliphatic carbocycles. The zero-order valence-electron chi connectivity index (χ0n) is 48.0. The van der Waals surface area contributed by atoms with Gasteiger partial charge < -0.3 is 10.4 Å². The Kier molecular flexibility index (Phi) is 60.6. The average Bonchev–Trinajstić information content (AvgIpc) is 3.36. The van der Waals surface area contributed by atoms with Crippen LogP contribution in [0.4, 0.5) is 0 Å². The monoisotopic (exact) mass is 982 g/mol. The average molecular weight is 983 g/mol. The number of carbonyl (C=O) groups excluding carboxylic acids is 2. The number of carbonyl (C=O) groups is 2. The number of Topliss-reactive ketones (excluding diaryl/α,β-unsaturated/α-hetero) is 1. The Morgan fingerprint density at radius 1 is 0.329 bits per heavy atom. The number of unbranched alkanes of at least 4 members (excludes halogenated alkanes) is 47. The summed E-state index contributed by atoms with van der Waals surface area (Å²) in [6.07, 6.45) is 81.3. The first-order valence-electron chi connectivity index (χ1n) is 32.4. The fourth-order valence-corrected chi connectivity index (χ4v) is 10.3. The molecule has 414 valence electrons. The van der Waals surface area contributed by atoms with E-state index >= 15 is 0 Å². The van der Waals surface area contributed by atoms with Gasteiger partial charge in [-0.1, -0.05) is 321 Å². The van der Waals surface area contributed by atoms with Crippen LogP contribution in [0.25, 0.3) is 0 Å². The van der Waals surface area contributed by atoms with E-state index < -0.39 is 6.10 Å². The van der Waals surface area contributed by atoms with Crippen LogP contribution in [-0.4, -0.2) is 29.4 Å². The minimum atomic E-state index is -0.391. The van der Waals surface area contributed by atoms with Gasteiger partial charge >= 0.3 is 0 Å². The largest absolute Gasteiger partial charge is 0.391 e. The molecule has 4 nitrogen and oxygen atoms in total. The fourth-order valence-electron chi connectivity index (χ4n) is 10.3. The van der Waals surface area contributed by atoms with Gasteiger partial charge in [0.2, 0.25) is 5.91 Å². The number of hydrogen-bond acceptors (Lipinski definition) is 3. The van der Waals surface area contributed by atoms with Gasteiger partial charge in [-0.25, -0.2) is 0 Å². The molecular weight excluding hydrogens is 855 g/mol. The highest BCUT2D eigenvalue weighted by atomic mass is 16.3. The summed E-state index contributed by atoms with van der Waals surface area (Å²) in [6.45, 7) is 4.97. The summed E-state index contributed by atoms with van der Waals surface area (Å²) in [6, 6.07) is 0. The van der Waals surface area contributed by atoms with Crippen molar-refractivity contribution >= 4 is 11.7 Å². The maximum absolute atomic E-state index is 12.3. The normalized spacial score (nSPS) is 12.3. The van der Waals surface area contributed by atoms with Gasteiger partial charge in [-0.05, 0) is 57.8 Å². The number of rotatable bonds is 61. The van der Waals surface area contributed by atoms with Gasteiger partial charge in [0.15, 0.2) is 0 Å². The van der Waals surface area contributed by atoms with Crippen LogP contribution in [0.3, 0.4) is 0 Å². The predicted octanol–water partition coefficient (Wildman–Crippen LogP) is 22.0. The van der Waals surface area contributed by atoms with Crippen LogP contribution in [0.2, 0.25) is 0 Å². The second kappa shape index (κ2) is 61.9. The second-order valence-electron chi connectivity index (χ2n) is 22.4. The van der Waals surface area contributed by atoms with Crippen LogP contribution < -0.4 is 5.32 Å². The van der Waals surface area contributed by atoms with E-state index in [9.17, 15) is 14.7 Å². The highest BCUT2D eigenvalue weighted by molar-refractivity contribution is 5.78. The van der Waals surface area contributed by atoms with Crippen LogP contribution in [0.5, 0.6) is 0 Å². The quantitative estimate of drug-likeness (QED) is 0.0471. The smallest absolute Gasteiger partial charge is 0.220 e. The first-order chi connectivity index (χ1) is 34.6. The Morgan fingerprint density at radius 3 is 0.929 bits per heavy atom. The molecule has 0 aliphatic heterocycles. The molecule has 0 aliphatic rings. The van der Waals surface area contributed by atoms with Crippen molar-refractivity contribution < 1.29 is 14.7 Å². The maximum Gasteiger partial charge on any atom is 0.220 e. The molecular formula is C66H127NO3. The molecule has 0 saturated heterocycles. The van der Waals surface area contributed by atoms with E-state index in [4.69, 9.17) is 0 Å². The van der Waals surface area contributed by atoms with Crippen molar-refractivity contribution in [3.8, 4) is 0 Å². The Balaban J connectivity index is 3.24. The SMILES string of the molecule is CCCCC/C=C\C/C=C\CCCCCCCC(=O)CCCCCCCCCCCCCCCCCCCCCCCCCCCCCC(=O)NC[C@@H](O)CCCCCCCCCCCCCCCC. The third-order valence-corrected chi connectivity index (χ3v) is 15.2. The van der Waals surface area contributed by atoms with Gasteiger partial charge in [-0.3, -0.25) is 9.59 Å². The number of amides is 1. The molecule has 2 N–H and O–H groups in total. The van der Waals surface area contributed by atoms with Crippen molar-refractivity contribution in [2.45, 2.75) is 380 Å². The summed E-state index contributed by atoms with van der Waals surface area (Å²) in [7, 11) is 0. The minimum absolute atomic E-state index is 0.116. The van der Waals surface area contributed by atoms with Crippen molar-refractivity contribution in [3.63, 3.8) is 0 Å². The third-order valence-electron chi connectivity index (χ3n) is 15.2. The predicted molar refractivity (Wildman–Crippen MR) is 312 cm³/mol. The number of aliphatic hydroxyl groups excluding tert-OH is 1. The number of ketones is 1. The first kappa shape index (κ1) is 68.6. The molecule has 0 aromatic rings. The summed E-state index contributed by atoms with van der Waals surface area (Å²) >= 11 is 0. The van der Waals surface area contributed by atoms with Gasteiger partial charge in [-0.15, -0.1) is 0 Å². The lowest BCUT2D eigenvalue weighted by atomic mass is 10.0. The minimum Gasteiger partial charge on any atom is -0.391 e. The van der Waals surface area contributed by atoms with Crippen molar-refractivity contribution in [2.75, 3.05) is 6.54 Å². The number of aliphatic hydroxyl groups is 1. The van der Waals surface area contributed by atoms with Gasteiger partial charge in [0, 0.05) is 25.8 Å². The van der Waals surface area contributed by atoms with Crippen molar-refractivity contribution in [3.05, 3.63) is 24.3 Å². The molecule has 1 atom stereocenters. The van der Waals surface area contributed by atoms with Crippen molar-refractivity contribution in [1.29, 1.82) is 0 Å². The summed E-state index contributed by atoms with van der Waals surface area (Å²) < 4.78 is 0. The highest BCUT2D eigenvalue weighted by Crippen LogP contribution is 2.18. The highest BCUT2D eigenvalue weighted by Gasteiger charge is 2.08. The lowest BCUT2D eigenvalue weighted by molar-refractivity contribution is -0.121. The lowest BCUT2D eigenvalue weighted by Gasteiger charge is -2.12. The maximum atomic E-state index is 12.3. The molecule has 1 amide bonds. The van der Waals surface area contributed by atoms with Crippen molar-refractivity contribution in [2.24, 2.45) is 0 Å². The van der Waals surface area contributed by atoms with Crippen molar-refractivity contribution in [1.82, 2.24) is 5.32 Å². The molecule has 0 rings (SSSR count). The molecule has 0 aromatic heterocycles. The van der Waals surface area contributed by atoms with Crippen LogP contribution >= 0.6 is 0 Å². The lowest BCUT2D eigenvalue weighted by Crippen LogP contribution is -2.31. The molecule has 0 saturated carbocycles. The Bertz CT molecular complexity index is 1070. The topological polar surface area (TPSA) is 66.4 Å². The zero-order valence-corrected chi connectivity index (χ0v) is 48.0. The number of allylic oxidation sites excluding steroid dienone is 4. The molecule has 0 aromatic carbocycles. The molecule has 0 heterocycles. The summed E-state index contributed by atoms with van der Waals surface area (Å²) in [5.74, 6) is 0.623. The van der Waals surface area contributed by atoms with E-state index in [0.29, 0.717) is 18.7 Å². The molecule has 0 unspecified atom stereocenters. The van der Waals surface area contributed by atoms with E-state index in [1.165, 1.54) is 295 Å². The summed E-state index contributed by atoms with van der Waals surface area (Å²) in [5, 5.41) is 13.3. The number of hydrogen-bond donors (Lipinski definition) is 2. The van der Waals surface area contributed by atoms with Crippen LogP contribution in [-0.2, 0) is 9.59 Å². The molecule has 0 radical (unpaired) electrons. The van der Waals surface area contributed by atoms with E-state index in [1.807, 2.05) is 0 Å². The summed E-state index contributed by atoms with van der Waals surface area (Å²) in [5.41, 5.74) is 0. The van der Waals surface area contributed by atoms with E-state index in [0.717, 1.165) is 57.8 Å². The Labute approximate surface area is 440 Å². The number of nitrogens with one attached hydrogen (secondary N) is 1. The fraction of sp³-hybridized carbons (Fsp3) is 0.909. The Hall–Kier alpha value is -1.42. The first-order valence-corrected chi connectivity index (χ1v) is 32.4. The van der Waals surface area contributed by atoms with Gasteiger partial charge in [0.05, 0.1) is 6.10 Å². The Morgan fingerprint density at radius 2 is 0.586 bits per heavy atom. The van der Waals surface area contributed by atoms with E-state index in [1.54, 1.807) is 0 Å². The second-order valence-corrected chi connectivity index (χ2v) is 22.4. The zero-order chi connectivity index (χ0) is 50.6. The van der Waals surface area contributed by atoms with Gasteiger partial charge in [-0.2, -0.15) is 0 Å².